The number of nitrogens with zero attached hydrogens (tertiary/aromatic N) is 2. The summed E-state index contributed by atoms with van der Waals surface area (Å²) in [6, 6.07) is 0.847. The predicted octanol–water partition coefficient (Wildman–Crippen LogP) is 2.84. The third kappa shape index (κ3) is 4.42. The summed E-state index contributed by atoms with van der Waals surface area (Å²) >= 11 is 0. The molecule has 0 amide bonds. The van der Waals surface area contributed by atoms with Crippen LogP contribution in [0.15, 0.2) is 0 Å². The lowest BCUT2D eigenvalue weighted by atomic mass is 9.86. The summed E-state index contributed by atoms with van der Waals surface area (Å²) in [6.07, 6.45) is 5.70. The van der Waals surface area contributed by atoms with Gasteiger partial charge in [0.05, 0.1) is 0 Å². The minimum atomic E-state index is 0.847. The lowest BCUT2D eigenvalue weighted by Crippen LogP contribution is -2.40. The largest absolute Gasteiger partial charge is 0.303 e. The van der Waals surface area contributed by atoms with Crippen LogP contribution >= 0.6 is 0 Å². The quantitative estimate of drug-likeness (QED) is 0.687. The standard InChI is InChI=1S/C14H30N2/c1-5-16(6-2)11-10-15(4)14-9-7-8-13(3)12-14/h13-14H,5-12H2,1-4H3/t13-,14-/m1/s1. The molecule has 16 heavy (non-hydrogen) atoms. The van der Waals surface area contributed by atoms with Gasteiger partial charge in [-0.05, 0) is 38.9 Å². The van der Waals surface area contributed by atoms with Crippen LogP contribution in [0.4, 0.5) is 0 Å². The van der Waals surface area contributed by atoms with Gasteiger partial charge in [0.15, 0.2) is 0 Å². The third-order valence-electron chi connectivity index (χ3n) is 4.20. The molecule has 1 saturated carbocycles. The number of hydrogen-bond donors (Lipinski definition) is 0. The van der Waals surface area contributed by atoms with E-state index in [0.717, 1.165) is 12.0 Å². The first-order valence-corrected chi connectivity index (χ1v) is 7.09. The average Bonchev–Trinajstić information content (AvgIpc) is 2.30. The summed E-state index contributed by atoms with van der Waals surface area (Å²) in [7, 11) is 2.31. The van der Waals surface area contributed by atoms with Crippen LogP contribution in [-0.2, 0) is 0 Å². The summed E-state index contributed by atoms with van der Waals surface area (Å²) in [5.74, 6) is 0.939. The van der Waals surface area contributed by atoms with E-state index < -0.39 is 0 Å². The Labute approximate surface area is 102 Å². The first kappa shape index (κ1) is 14.0. The highest BCUT2D eigenvalue weighted by Crippen LogP contribution is 2.26. The molecule has 0 aliphatic heterocycles. The zero-order valence-electron chi connectivity index (χ0n) is 11.7. The molecule has 2 heteroatoms. The van der Waals surface area contributed by atoms with Crippen molar-refractivity contribution in [3.05, 3.63) is 0 Å². The number of likely N-dealkylation sites (N-methyl/N-ethyl adjacent to an activating group) is 2. The van der Waals surface area contributed by atoms with Gasteiger partial charge in [-0.25, -0.2) is 0 Å². The first-order chi connectivity index (χ1) is 7.67. The Hall–Kier alpha value is -0.0800. The molecule has 1 fully saturated rings. The lowest BCUT2D eigenvalue weighted by molar-refractivity contribution is 0.145. The molecule has 96 valence electrons. The highest BCUT2D eigenvalue weighted by Gasteiger charge is 2.22. The molecule has 0 spiro atoms. The molecule has 0 aromatic rings. The van der Waals surface area contributed by atoms with Gasteiger partial charge in [-0.1, -0.05) is 33.6 Å². The highest BCUT2D eigenvalue weighted by atomic mass is 15.2. The van der Waals surface area contributed by atoms with Crippen molar-refractivity contribution in [2.75, 3.05) is 33.2 Å². The Morgan fingerprint density at radius 2 is 1.75 bits per heavy atom. The Kier molecular flexibility index (Phi) is 6.37. The van der Waals surface area contributed by atoms with E-state index in [9.17, 15) is 0 Å². The third-order valence-corrected chi connectivity index (χ3v) is 4.20. The van der Waals surface area contributed by atoms with Crippen LogP contribution < -0.4 is 0 Å². The van der Waals surface area contributed by atoms with Crippen LogP contribution in [0.2, 0.25) is 0 Å². The molecule has 2 atom stereocenters. The maximum absolute atomic E-state index is 2.59. The van der Waals surface area contributed by atoms with Gasteiger partial charge in [-0.15, -0.1) is 0 Å². The Morgan fingerprint density at radius 1 is 1.06 bits per heavy atom. The SMILES string of the molecule is CCN(CC)CCN(C)[C@@H]1CCC[C@@H](C)C1. The van der Waals surface area contributed by atoms with Gasteiger partial charge in [0.25, 0.3) is 0 Å². The molecular formula is C14H30N2. The summed E-state index contributed by atoms with van der Waals surface area (Å²) in [5.41, 5.74) is 0. The number of hydrogen-bond acceptors (Lipinski definition) is 2. The molecule has 1 aliphatic rings. The van der Waals surface area contributed by atoms with E-state index in [-0.39, 0.29) is 0 Å². The molecule has 0 radical (unpaired) electrons. The fourth-order valence-electron chi connectivity index (χ4n) is 2.82. The molecule has 0 bridgehead atoms. The van der Waals surface area contributed by atoms with Gasteiger partial charge in [0, 0.05) is 19.1 Å². The van der Waals surface area contributed by atoms with Gasteiger partial charge >= 0.3 is 0 Å². The van der Waals surface area contributed by atoms with Crippen LogP contribution in [0.5, 0.6) is 0 Å². The van der Waals surface area contributed by atoms with E-state index >= 15 is 0 Å². The highest BCUT2D eigenvalue weighted by molar-refractivity contribution is 4.77. The van der Waals surface area contributed by atoms with E-state index in [2.05, 4.69) is 37.6 Å². The Bertz CT molecular complexity index is 178. The van der Waals surface area contributed by atoms with Crippen molar-refractivity contribution in [2.24, 2.45) is 5.92 Å². The molecule has 1 aliphatic carbocycles. The normalized spacial score (nSPS) is 26.6. The van der Waals surface area contributed by atoms with Crippen molar-refractivity contribution in [3.8, 4) is 0 Å². The van der Waals surface area contributed by atoms with Crippen LogP contribution in [-0.4, -0.2) is 49.1 Å². The van der Waals surface area contributed by atoms with Gasteiger partial charge in [-0.3, -0.25) is 0 Å². The van der Waals surface area contributed by atoms with Crippen molar-refractivity contribution in [1.29, 1.82) is 0 Å². The van der Waals surface area contributed by atoms with Gasteiger partial charge in [0.2, 0.25) is 0 Å². The molecule has 0 heterocycles. The summed E-state index contributed by atoms with van der Waals surface area (Å²) in [6.45, 7) is 11.8. The molecule has 0 N–H and O–H groups in total. The first-order valence-electron chi connectivity index (χ1n) is 7.09. The van der Waals surface area contributed by atoms with Gasteiger partial charge in [0.1, 0.15) is 0 Å². The minimum Gasteiger partial charge on any atom is -0.303 e. The van der Waals surface area contributed by atoms with Crippen LogP contribution in [0.3, 0.4) is 0 Å². The Balaban J connectivity index is 2.25. The fourth-order valence-corrected chi connectivity index (χ4v) is 2.82. The van der Waals surface area contributed by atoms with E-state index in [1.807, 2.05) is 0 Å². The van der Waals surface area contributed by atoms with E-state index in [4.69, 9.17) is 0 Å². The van der Waals surface area contributed by atoms with E-state index in [0.29, 0.717) is 0 Å². The van der Waals surface area contributed by atoms with Crippen molar-refractivity contribution in [3.63, 3.8) is 0 Å². The maximum atomic E-state index is 2.59. The van der Waals surface area contributed by atoms with Crippen LogP contribution in [0.25, 0.3) is 0 Å². The van der Waals surface area contributed by atoms with E-state index in [1.54, 1.807) is 0 Å². The smallest absolute Gasteiger partial charge is 0.0109 e. The van der Waals surface area contributed by atoms with Crippen molar-refractivity contribution in [2.45, 2.75) is 52.5 Å². The molecule has 0 saturated heterocycles. The average molecular weight is 226 g/mol. The number of rotatable bonds is 6. The second kappa shape index (κ2) is 7.29. The predicted molar refractivity (Wildman–Crippen MR) is 71.8 cm³/mol. The lowest BCUT2D eigenvalue weighted by Gasteiger charge is -2.35. The van der Waals surface area contributed by atoms with Gasteiger partial charge in [-0.2, -0.15) is 0 Å². The van der Waals surface area contributed by atoms with E-state index in [1.165, 1.54) is 51.9 Å². The van der Waals surface area contributed by atoms with Crippen molar-refractivity contribution < 1.29 is 0 Å². The van der Waals surface area contributed by atoms with Gasteiger partial charge < -0.3 is 9.80 Å². The van der Waals surface area contributed by atoms with Crippen molar-refractivity contribution >= 4 is 0 Å². The van der Waals surface area contributed by atoms with Crippen molar-refractivity contribution in [1.82, 2.24) is 9.80 Å². The molecular weight excluding hydrogens is 196 g/mol. The second-order valence-electron chi connectivity index (χ2n) is 5.43. The van der Waals surface area contributed by atoms with Crippen LogP contribution in [0.1, 0.15) is 46.5 Å². The summed E-state index contributed by atoms with van der Waals surface area (Å²) in [5, 5.41) is 0. The maximum Gasteiger partial charge on any atom is 0.0109 e. The molecule has 1 rings (SSSR count). The zero-order chi connectivity index (χ0) is 12.0. The Morgan fingerprint density at radius 3 is 2.31 bits per heavy atom. The summed E-state index contributed by atoms with van der Waals surface area (Å²) < 4.78 is 0. The molecule has 0 unspecified atom stereocenters. The zero-order valence-corrected chi connectivity index (χ0v) is 11.7. The molecule has 2 nitrogen and oxygen atoms in total. The fraction of sp³-hybridized carbons (Fsp3) is 1.00. The monoisotopic (exact) mass is 226 g/mol. The van der Waals surface area contributed by atoms with Crippen LogP contribution in [0, 0.1) is 5.92 Å². The minimum absolute atomic E-state index is 0.847. The molecule has 0 aromatic carbocycles. The molecule has 0 aromatic heterocycles. The topological polar surface area (TPSA) is 6.48 Å². The summed E-state index contributed by atoms with van der Waals surface area (Å²) in [4.78, 5) is 5.11. The second-order valence-corrected chi connectivity index (χ2v) is 5.43.